The molecule has 1 rings (SSSR count). The van der Waals surface area contributed by atoms with Crippen molar-refractivity contribution in [2.45, 2.75) is 6.92 Å². The first kappa shape index (κ1) is 11.8. The van der Waals surface area contributed by atoms with E-state index in [0.29, 0.717) is 0 Å². The number of hydrogen-bond acceptors (Lipinski definition) is 3. The molecule has 0 unspecified atom stereocenters. The van der Waals surface area contributed by atoms with Crippen molar-refractivity contribution >= 4 is 0 Å². The second-order valence-electron chi connectivity index (χ2n) is 1.21. The molecule has 0 aromatic carbocycles. The van der Waals surface area contributed by atoms with Gasteiger partial charge in [-0.1, -0.05) is 0 Å². The lowest BCUT2D eigenvalue weighted by Gasteiger charge is -1.70. The van der Waals surface area contributed by atoms with Gasteiger partial charge < -0.3 is 10.6 Å². The molecule has 0 spiro atoms. The minimum Gasteiger partial charge on any atom is -0.412 e. The van der Waals surface area contributed by atoms with Crippen LogP contribution in [0.2, 0.25) is 0 Å². The van der Waals surface area contributed by atoms with Crippen LogP contribution in [0.3, 0.4) is 0 Å². The van der Waals surface area contributed by atoms with Crippen LogP contribution in [0.4, 0.5) is 0 Å². The van der Waals surface area contributed by atoms with Crippen molar-refractivity contribution in [3.63, 3.8) is 0 Å². The van der Waals surface area contributed by atoms with E-state index in [2.05, 4.69) is 9.97 Å². The van der Waals surface area contributed by atoms with Gasteiger partial charge in [0.2, 0.25) is 0 Å². The SMILES string of the molecule is CCO.O.c1cnccn1. The molecular weight excluding hydrogens is 132 g/mol. The highest BCUT2D eigenvalue weighted by Gasteiger charge is 1.59. The molecule has 0 aliphatic heterocycles. The van der Waals surface area contributed by atoms with Crippen molar-refractivity contribution in [1.82, 2.24) is 9.97 Å². The van der Waals surface area contributed by atoms with Gasteiger partial charge in [0, 0.05) is 31.4 Å². The molecule has 0 fully saturated rings. The summed E-state index contributed by atoms with van der Waals surface area (Å²) in [5.74, 6) is 0. The van der Waals surface area contributed by atoms with E-state index in [1.54, 1.807) is 31.7 Å². The second-order valence-corrected chi connectivity index (χ2v) is 1.21. The summed E-state index contributed by atoms with van der Waals surface area (Å²) in [5.41, 5.74) is 0. The summed E-state index contributed by atoms with van der Waals surface area (Å²) in [6.07, 6.45) is 6.56. The van der Waals surface area contributed by atoms with Crippen LogP contribution in [0.25, 0.3) is 0 Å². The molecule has 0 atom stereocenters. The van der Waals surface area contributed by atoms with Crippen LogP contribution in [0.5, 0.6) is 0 Å². The Morgan fingerprint density at radius 1 is 1.10 bits per heavy atom. The largest absolute Gasteiger partial charge is 0.412 e. The van der Waals surface area contributed by atoms with E-state index in [1.807, 2.05) is 0 Å². The van der Waals surface area contributed by atoms with E-state index in [1.165, 1.54) is 0 Å². The summed E-state index contributed by atoms with van der Waals surface area (Å²) in [4.78, 5) is 7.44. The molecule has 1 heterocycles. The molecular formula is C6H12N2O2. The van der Waals surface area contributed by atoms with Crippen molar-refractivity contribution < 1.29 is 10.6 Å². The Kier molecular flexibility index (Phi) is 12.8. The molecule has 58 valence electrons. The van der Waals surface area contributed by atoms with Crippen LogP contribution >= 0.6 is 0 Å². The highest BCUT2D eigenvalue weighted by atomic mass is 16.2. The molecule has 0 bridgehead atoms. The maximum Gasteiger partial charge on any atom is 0.0451 e. The lowest BCUT2D eigenvalue weighted by Crippen LogP contribution is -1.66. The quantitative estimate of drug-likeness (QED) is 0.540. The summed E-state index contributed by atoms with van der Waals surface area (Å²) < 4.78 is 0. The summed E-state index contributed by atoms with van der Waals surface area (Å²) in [6, 6.07) is 0. The fourth-order valence-electron chi connectivity index (χ4n) is 0.253. The van der Waals surface area contributed by atoms with Crippen LogP contribution < -0.4 is 0 Å². The Hall–Kier alpha value is -1.00. The Morgan fingerprint density at radius 2 is 1.30 bits per heavy atom. The molecule has 1 aromatic rings. The molecule has 0 aliphatic rings. The highest BCUT2D eigenvalue weighted by Crippen LogP contribution is 1.65. The molecule has 10 heavy (non-hydrogen) atoms. The number of aliphatic hydroxyl groups excluding tert-OH is 1. The van der Waals surface area contributed by atoms with E-state index in [-0.39, 0.29) is 12.1 Å². The lowest BCUT2D eigenvalue weighted by atomic mass is 10.8. The first-order valence-electron chi connectivity index (χ1n) is 2.72. The molecule has 0 saturated heterocycles. The van der Waals surface area contributed by atoms with Gasteiger partial charge in [0.15, 0.2) is 0 Å². The van der Waals surface area contributed by atoms with Crippen molar-refractivity contribution in [3.05, 3.63) is 24.8 Å². The van der Waals surface area contributed by atoms with Gasteiger partial charge in [0.05, 0.1) is 0 Å². The van der Waals surface area contributed by atoms with Crippen LogP contribution in [-0.2, 0) is 0 Å². The molecule has 4 heteroatoms. The van der Waals surface area contributed by atoms with Gasteiger partial charge in [-0.25, -0.2) is 0 Å². The molecule has 0 radical (unpaired) electrons. The zero-order valence-electron chi connectivity index (χ0n) is 5.86. The average molecular weight is 144 g/mol. The van der Waals surface area contributed by atoms with E-state index >= 15 is 0 Å². The maximum atomic E-state index is 7.57. The van der Waals surface area contributed by atoms with Crippen LogP contribution in [0, 0.1) is 0 Å². The van der Waals surface area contributed by atoms with Crippen LogP contribution in [-0.4, -0.2) is 27.2 Å². The van der Waals surface area contributed by atoms with Crippen molar-refractivity contribution in [3.8, 4) is 0 Å². The van der Waals surface area contributed by atoms with Gasteiger partial charge >= 0.3 is 0 Å². The van der Waals surface area contributed by atoms with Gasteiger partial charge in [-0.15, -0.1) is 0 Å². The predicted molar refractivity (Wildman–Crippen MR) is 38.4 cm³/mol. The van der Waals surface area contributed by atoms with E-state index in [0.717, 1.165) is 0 Å². The summed E-state index contributed by atoms with van der Waals surface area (Å²) in [5, 5.41) is 7.57. The predicted octanol–water partition coefficient (Wildman–Crippen LogP) is -0.349. The number of nitrogens with zero attached hydrogens (tertiary/aromatic N) is 2. The number of rotatable bonds is 0. The molecule has 1 aromatic heterocycles. The Morgan fingerprint density at radius 3 is 1.40 bits per heavy atom. The van der Waals surface area contributed by atoms with Gasteiger partial charge in [0.1, 0.15) is 0 Å². The van der Waals surface area contributed by atoms with Crippen LogP contribution in [0.1, 0.15) is 6.92 Å². The number of hydrogen-bond donors (Lipinski definition) is 1. The minimum absolute atomic E-state index is 0. The standard InChI is InChI=1S/C4H4N2.C2H6O.H2O/c1-2-6-4-3-5-1;1-2-3;/h1-4H;3H,2H2,1H3;1H2. The third-order valence-corrected chi connectivity index (χ3v) is 0.478. The molecule has 0 amide bonds. The number of aliphatic hydroxyl groups is 1. The Balaban J connectivity index is 0. The highest BCUT2D eigenvalue weighted by molar-refractivity contribution is 4.70. The topological polar surface area (TPSA) is 77.5 Å². The fraction of sp³-hybridized carbons (Fsp3) is 0.333. The fourth-order valence-corrected chi connectivity index (χ4v) is 0.253. The van der Waals surface area contributed by atoms with E-state index in [4.69, 9.17) is 5.11 Å². The molecule has 0 saturated carbocycles. The average Bonchev–Trinajstić information content (AvgIpc) is 1.93. The molecule has 0 aliphatic carbocycles. The van der Waals surface area contributed by atoms with Crippen molar-refractivity contribution in [2.75, 3.05) is 6.61 Å². The number of aromatic nitrogens is 2. The molecule has 4 nitrogen and oxygen atoms in total. The zero-order valence-corrected chi connectivity index (χ0v) is 5.86. The zero-order chi connectivity index (χ0) is 6.95. The first-order valence-corrected chi connectivity index (χ1v) is 2.72. The van der Waals surface area contributed by atoms with E-state index in [9.17, 15) is 0 Å². The van der Waals surface area contributed by atoms with Gasteiger partial charge in [-0.05, 0) is 6.92 Å². The van der Waals surface area contributed by atoms with Gasteiger partial charge in [0.25, 0.3) is 0 Å². The second kappa shape index (κ2) is 10.9. The smallest absolute Gasteiger partial charge is 0.0451 e. The maximum absolute atomic E-state index is 7.57. The van der Waals surface area contributed by atoms with Gasteiger partial charge in [-0.3, -0.25) is 9.97 Å². The van der Waals surface area contributed by atoms with Crippen molar-refractivity contribution in [1.29, 1.82) is 0 Å². The normalized spacial score (nSPS) is 6.60. The van der Waals surface area contributed by atoms with E-state index < -0.39 is 0 Å². The summed E-state index contributed by atoms with van der Waals surface area (Å²) in [7, 11) is 0. The monoisotopic (exact) mass is 144 g/mol. The summed E-state index contributed by atoms with van der Waals surface area (Å²) >= 11 is 0. The lowest BCUT2D eigenvalue weighted by molar-refractivity contribution is 0.318. The summed E-state index contributed by atoms with van der Waals surface area (Å²) in [6.45, 7) is 1.93. The van der Waals surface area contributed by atoms with Gasteiger partial charge in [-0.2, -0.15) is 0 Å². The van der Waals surface area contributed by atoms with Crippen LogP contribution in [0.15, 0.2) is 24.8 Å². The first-order chi connectivity index (χ1) is 4.41. The third kappa shape index (κ3) is 10.1. The third-order valence-electron chi connectivity index (χ3n) is 0.478. The Labute approximate surface area is 59.9 Å². The molecule has 3 N–H and O–H groups in total. The Bertz CT molecular complexity index is 96.6. The minimum atomic E-state index is 0. The van der Waals surface area contributed by atoms with Crippen molar-refractivity contribution in [2.24, 2.45) is 0 Å².